The van der Waals surface area contributed by atoms with Gasteiger partial charge in [0.05, 0.1) is 0 Å². The highest BCUT2D eigenvalue weighted by Crippen LogP contribution is 2.17. The smallest absolute Gasteiger partial charge is 0.270 e. The summed E-state index contributed by atoms with van der Waals surface area (Å²) in [7, 11) is 0. The number of para-hydroxylation sites is 1. The fourth-order valence-corrected chi connectivity index (χ4v) is 3.34. The van der Waals surface area contributed by atoms with Crippen LogP contribution in [0.25, 0.3) is 10.9 Å². The van der Waals surface area contributed by atoms with Crippen LogP contribution in [0, 0.1) is 0 Å². The van der Waals surface area contributed by atoms with E-state index in [4.69, 9.17) is 0 Å². The molecule has 124 valence electrons. The van der Waals surface area contributed by atoms with Gasteiger partial charge in [-0.15, -0.1) is 0 Å². The van der Waals surface area contributed by atoms with Gasteiger partial charge in [0.25, 0.3) is 5.91 Å². The second kappa shape index (κ2) is 7.64. The molecule has 0 spiro atoms. The molecule has 1 aromatic carbocycles. The summed E-state index contributed by atoms with van der Waals surface area (Å²) in [5, 5.41) is 1.10. The largest absolute Gasteiger partial charge is 0.351 e. The van der Waals surface area contributed by atoms with E-state index in [-0.39, 0.29) is 5.91 Å². The Balaban J connectivity index is 1.61. The number of unbranched alkanes of at least 4 members (excludes halogenated alkanes) is 2. The van der Waals surface area contributed by atoms with Crippen molar-refractivity contribution in [3.05, 3.63) is 36.0 Å². The highest BCUT2D eigenvalue weighted by atomic mass is 16.2. The Morgan fingerprint density at radius 2 is 2.00 bits per heavy atom. The summed E-state index contributed by atoms with van der Waals surface area (Å²) in [4.78, 5) is 20.5. The van der Waals surface area contributed by atoms with Gasteiger partial charge in [0.15, 0.2) is 0 Å². The van der Waals surface area contributed by atoms with Crippen LogP contribution >= 0.6 is 0 Å². The van der Waals surface area contributed by atoms with Crippen molar-refractivity contribution in [3.8, 4) is 0 Å². The van der Waals surface area contributed by atoms with Crippen molar-refractivity contribution in [2.24, 2.45) is 0 Å². The second-order valence-corrected chi connectivity index (χ2v) is 6.46. The van der Waals surface area contributed by atoms with Crippen molar-refractivity contribution >= 4 is 16.8 Å². The van der Waals surface area contributed by atoms with Crippen LogP contribution in [-0.4, -0.2) is 53.4 Å². The van der Waals surface area contributed by atoms with E-state index in [1.165, 1.54) is 25.8 Å². The standard InChI is InChI=1S/C19H27N3O/c1-2-3-6-10-21-11-7-12-22(14-13-21)19(23)18-15-16-8-4-5-9-17(16)20-18/h4-5,8-9,15,20H,2-3,6-7,10-14H2,1H3. The number of carbonyl (C=O) groups is 1. The quantitative estimate of drug-likeness (QED) is 0.858. The van der Waals surface area contributed by atoms with Gasteiger partial charge in [0, 0.05) is 30.5 Å². The number of nitrogens with one attached hydrogen (secondary N) is 1. The molecular formula is C19H27N3O. The molecule has 2 aromatic rings. The van der Waals surface area contributed by atoms with E-state index < -0.39 is 0 Å². The topological polar surface area (TPSA) is 39.3 Å². The van der Waals surface area contributed by atoms with Gasteiger partial charge in [-0.05, 0) is 38.1 Å². The van der Waals surface area contributed by atoms with Crippen molar-refractivity contribution in [2.45, 2.75) is 32.6 Å². The Hall–Kier alpha value is -1.81. The molecule has 23 heavy (non-hydrogen) atoms. The Bertz CT molecular complexity index is 616. The number of benzene rings is 1. The average Bonchev–Trinajstić information content (AvgIpc) is 2.87. The molecule has 1 amide bonds. The van der Waals surface area contributed by atoms with Crippen molar-refractivity contribution in [3.63, 3.8) is 0 Å². The Labute approximate surface area is 138 Å². The van der Waals surface area contributed by atoms with Gasteiger partial charge < -0.3 is 14.8 Å². The first-order valence-electron chi connectivity index (χ1n) is 8.87. The monoisotopic (exact) mass is 313 g/mol. The number of H-pyrrole nitrogens is 1. The van der Waals surface area contributed by atoms with Gasteiger partial charge >= 0.3 is 0 Å². The molecule has 0 saturated carbocycles. The molecule has 3 rings (SSSR count). The predicted molar refractivity (Wildman–Crippen MR) is 94.8 cm³/mol. The maximum absolute atomic E-state index is 12.8. The van der Waals surface area contributed by atoms with Gasteiger partial charge in [0.1, 0.15) is 5.69 Å². The van der Waals surface area contributed by atoms with Crippen LogP contribution in [0.2, 0.25) is 0 Å². The summed E-state index contributed by atoms with van der Waals surface area (Å²) < 4.78 is 0. The number of fused-ring (bicyclic) bond motifs is 1. The molecule has 1 aliphatic heterocycles. The van der Waals surface area contributed by atoms with Crippen LogP contribution in [0.3, 0.4) is 0 Å². The fourth-order valence-electron chi connectivity index (χ4n) is 3.34. The van der Waals surface area contributed by atoms with Crippen LogP contribution in [0.4, 0.5) is 0 Å². The van der Waals surface area contributed by atoms with Gasteiger partial charge in [-0.1, -0.05) is 38.0 Å². The van der Waals surface area contributed by atoms with Crippen LogP contribution in [0.15, 0.2) is 30.3 Å². The molecule has 0 unspecified atom stereocenters. The zero-order valence-corrected chi connectivity index (χ0v) is 14.1. The van der Waals surface area contributed by atoms with Crippen LogP contribution in [0.5, 0.6) is 0 Å². The first-order valence-corrected chi connectivity index (χ1v) is 8.87. The number of aromatic nitrogens is 1. The maximum Gasteiger partial charge on any atom is 0.270 e. The molecule has 4 heteroatoms. The van der Waals surface area contributed by atoms with Crippen molar-refractivity contribution in [1.29, 1.82) is 0 Å². The van der Waals surface area contributed by atoms with Gasteiger partial charge in [0.2, 0.25) is 0 Å². The summed E-state index contributed by atoms with van der Waals surface area (Å²) in [6.45, 7) is 7.21. The Kier molecular flexibility index (Phi) is 5.34. The average molecular weight is 313 g/mol. The number of rotatable bonds is 5. The highest BCUT2D eigenvalue weighted by Gasteiger charge is 2.21. The maximum atomic E-state index is 12.8. The number of hydrogen-bond donors (Lipinski definition) is 1. The third kappa shape index (κ3) is 3.94. The molecule has 1 saturated heterocycles. The number of amides is 1. The molecule has 0 atom stereocenters. The van der Waals surface area contributed by atoms with Gasteiger partial charge in [-0.3, -0.25) is 4.79 Å². The fraction of sp³-hybridized carbons (Fsp3) is 0.526. The number of hydrogen-bond acceptors (Lipinski definition) is 2. The van der Waals surface area contributed by atoms with Crippen LogP contribution in [0.1, 0.15) is 43.1 Å². The minimum absolute atomic E-state index is 0.136. The van der Waals surface area contributed by atoms with E-state index in [1.807, 2.05) is 35.2 Å². The molecule has 1 aromatic heterocycles. The molecule has 1 fully saturated rings. The minimum Gasteiger partial charge on any atom is -0.351 e. The van der Waals surface area contributed by atoms with Crippen molar-refractivity contribution in [2.75, 3.05) is 32.7 Å². The third-order valence-corrected chi connectivity index (χ3v) is 4.71. The normalized spacial score (nSPS) is 16.7. The zero-order chi connectivity index (χ0) is 16.1. The molecule has 0 radical (unpaired) electrons. The van der Waals surface area contributed by atoms with E-state index >= 15 is 0 Å². The molecule has 0 aliphatic carbocycles. The lowest BCUT2D eigenvalue weighted by atomic mass is 10.2. The summed E-state index contributed by atoms with van der Waals surface area (Å²) in [6.07, 6.45) is 4.90. The predicted octanol–water partition coefficient (Wildman–Crippen LogP) is 3.51. The summed E-state index contributed by atoms with van der Waals surface area (Å²) >= 11 is 0. The summed E-state index contributed by atoms with van der Waals surface area (Å²) in [5.41, 5.74) is 1.75. The Morgan fingerprint density at radius 3 is 2.83 bits per heavy atom. The van der Waals surface area contributed by atoms with Crippen LogP contribution in [-0.2, 0) is 0 Å². The molecular weight excluding hydrogens is 286 g/mol. The lowest BCUT2D eigenvalue weighted by molar-refractivity contribution is 0.0756. The van der Waals surface area contributed by atoms with Crippen molar-refractivity contribution < 1.29 is 4.79 Å². The third-order valence-electron chi connectivity index (χ3n) is 4.71. The lowest BCUT2D eigenvalue weighted by Gasteiger charge is -2.21. The van der Waals surface area contributed by atoms with E-state index in [2.05, 4.69) is 16.8 Å². The summed E-state index contributed by atoms with van der Waals surface area (Å²) in [6, 6.07) is 10.0. The molecule has 4 nitrogen and oxygen atoms in total. The van der Waals surface area contributed by atoms with Crippen LogP contribution < -0.4 is 0 Å². The molecule has 1 aliphatic rings. The first kappa shape index (κ1) is 16.1. The Morgan fingerprint density at radius 1 is 1.13 bits per heavy atom. The molecule has 0 bridgehead atoms. The molecule has 2 heterocycles. The van der Waals surface area contributed by atoms with E-state index in [0.717, 1.165) is 43.5 Å². The van der Waals surface area contributed by atoms with E-state index in [9.17, 15) is 4.79 Å². The summed E-state index contributed by atoms with van der Waals surface area (Å²) in [5.74, 6) is 0.136. The number of carbonyl (C=O) groups excluding carboxylic acids is 1. The highest BCUT2D eigenvalue weighted by molar-refractivity contribution is 5.98. The van der Waals surface area contributed by atoms with Gasteiger partial charge in [-0.25, -0.2) is 0 Å². The van der Waals surface area contributed by atoms with E-state index in [0.29, 0.717) is 5.69 Å². The van der Waals surface area contributed by atoms with E-state index in [1.54, 1.807) is 0 Å². The lowest BCUT2D eigenvalue weighted by Crippen LogP contribution is -2.35. The number of aromatic amines is 1. The SMILES string of the molecule is CCCCCN1CCCN(C(=O)c2cc3ccccc3[nH]2)CC1. The minimum atomic E-state index is 0.136. The second-order valence-electron chi connectivity index (χ2n) is 6.46. The molecule has 1 N–H and O–H groups in total. The van der Waals surface area contributed by atoms with Crippen molar-refractivity contribution in [1.82, 2.24) is 14.8 Å². The zero-order valence-electron chi connectivity index (χ0n) is 14.1. The number of nitrogens with zero attached hydrogens (tertiary/aromatic N) is 2. The first-order chi connectivity index (χ1) is 11.3. The van der Waals surface area contributed by atoms with Gasteiger partial charge in [-0.2, -0.15) is 0 Å².